The summed E-state index contributed by atoms with van der Waals surface area (Å²) in [5.74, 6) is 0.936. The maximum absolute atomic E-state index is 6.12. The average molecular weight is 300 g/mol. The van der Waals surface area contributed by atoms with E-state index in [0.29, 0.717) is 11.3 Å². The van der Waals surface area contributed by atoms with Crippen molar-refractivity contribution in [1.82, 2.24) is 9.97 Å². The molecule has 0 radical (unpaired) electrons. The number of nitrogens with zero attached hydrogens (tertiary/aromatic N) is 3. The van der Waals surface area contributed by atoms with Crippen LogP contribution < -0.4 is 4.90 Å². The maximum Gasteiger partial charge on any atom is 0.224 e. The van der Waals surface area contributed by atoms with Crippen molar-refractivity contribution < 1.29 is 4.74 Å². The van der Waals surface area contributed by atoms with Gasteiger partial charge in [-0.05, 0) is 37.6 Å². The van der Waals surface area contributed by atoms with Crippen molar-refractivity contribution in [2.24, 2.45) is 0 Å². The molecule has 1 unspecified atom stereocenters. The van der Waals surface area contributed by atoms with E-state index < -0.39 is 0 Å². The second-order valence-electron chi connectivity index (χ2n) is 5.20. The predicted octanol–water partition coefficient (Wildman–Crippen LogP) is 2.71. The van der Waals surface area contributed by atoms with Crippen molar-refractivity contribution in [2.75, 3.05) is 30.9 Å². The SMILES string of the molecule is CSC1(c2cc(N3CCOCC3C)nc(Cl)n2)CC1. The summed E-state index contributed by atoms with van der Waals surface area (Å²) >= 11 is 7.98. The number of hydrogen-bond acceptors (Lipinski definition) is 5. The predicted molar refractivity (Wildman–Crippen MR) is 79.1 cm³/mol. The van der Waals surface area contributed by atoms with Crippen LogP contribution in [0.25, 0.3) is 0 Å². The number of morpholine rings is 1. The Balaban J connectivity index is 1.93. The van der Waals surface area contributed by atoms with Crippen molar-refractivity contribution in [3.63, 3.8) is 0 Å². The quantitative estimate of drug-likeness (QED) is 0.802. The Morgan fingerprint density at radius 1 is 1.47 bits per heavy atom. The van der Waals surface area contributed by atoms with Crippen LogP contribution in [0.2, 0.25) is 5.28 Å². The van der Waals surface area contributed by atoms with Gasteiger partial charge in [-0.15, -0.1) is 0 Å². The first-order valence-electron chi connectivity index (χ1n) is 6.59. The third-order valence-corrected chi connectivity index (χ3v) is 5.48. The topological polar surface area (TPSA) is 38.2 Å². The second-order valence-corrected chi connectivity index (χ2v) is 6.72. The molecule has 1 aliphatic heterocycles. The Bertz CT molecular complexity index is 481. The van der Waals surface area contributed by atoms with Crippen molar-refractivity contribution in [3.05, 3.63) is 17.0 Å². The van der Waals surface area contributed by atoms with Gasteiger partial charge in [-0.25, -0.2) is 9.97 Å². The van der Waals surface area contributed by atoms with E-state index in [-0.39, 0.29) is 4.75 Å². The van der Waals surface area contributed by atoms with Crippen molar-refractivity contribution in [2.45, 2.75) is 30.6 Å². The van der Waals surface area contributed by atoms with E-state index in [4.69, 9.17) is 16.3 Å². The Kier molecular flexibility index (Phi) is 3.62. The van der Waals surface area contributed by atoms with E-state index in [1.54, 1.807) is 0 Å². The molecule has 2 aliphatic rings. The Hall–Kier alpha value is -0.520. The fourth-order valence-corrected chi connectivity index (χ4v) is 3.53. The van der Waals surface area contributed by atoms with Crippen LogP contribution in [0.1, 0.15) is 25.5 Å². The first-order chi connectivity index (χ1) is 9.14. The number of rotatable bonds is 3. The van der Waals surface area contributed by atoms with E-state index in [9.17, 15) is 0 Å². The molecule has 2 fully saturated rings. The fraction of sp³-hybridized carbons (Fsp3) is 0.692. The fourth-order valence-electron chi connectivity index (χ4n) is 2.53. The first-order valence-corrected chi connectivity index (χ1v) is 8.19. The molecule has 6 heteroatoms. The van der Waals surface area contributed by atoms with E-state index >= 15 is 0 Å². The van der Waals surface area contributed by atoms with Gasteiger partial charge in [0.2, 0.25) is 5.28 Å². The lowest BCUT2D eigenvalue weighted by Crippen LogP contribution is -2.44. The van der Waals surface area contributed by atoms with Crippen molar-refractivity contribution in [3.8, 4) is 0 Å². The third kappa shape index (κ3) is 2.56. The molecule has 2 heterocycles. The zero-order valence-electron chi connectivity index (χ0n) is 11.2. The van der Waals surface area contributed by atoms with Crippen LogP contribution in [0.3, 0.4) is 0 Å². The minimum atomic E-state index is 0.177. The van der Waals surface area contributed by atoms with E-state index in [0.717, 1.165) is 31.3 Å². The van der Waals surface area contributed by atoms with Crippen molar-refractivity contribution in [1.29, 1.82) is 0 Å². The van der Waals surface area contributed by atoms with Crippen LogP contribution in [-0.4, -0.2) is 42.0 Å². The standard InChI is InChI=1S/C13H18ClN3OS/c1-9-8-18-6-5-17(9)11-7-10(15-12(14)16-11)13(19-2)3-4-13/h7,9H,3-6,8H2,1-2H3. The Morgan fingerprint density at radius 3 is 2.89 bits per heavy atom. The number of halogens is 1. The van der Waals surface area contributed by atoms with Crippen molar-refractivity contribution >= 4 is 29.2 Å². The highest BCUT2D eigenvalue weighted by Gasteiger charge is 2.45. The van der Waals surface area contributed by atoms with E-state index in [1.165, 1.54) is 12.8 Å². The van der Waals surface area contributed by atoms with Gasteiger partial charge in [0.15, 0.2) is 0 Å². The van der Waals surface area contributed by atoms with Gasteiger partial charge in [0.1, 0.15) is 5.82 Å². The van der Waals surface area contributed by atoms with Gasteiger partial charge in [-0.2, -0.15) is 11.8 Å². The molecule has 104 valence electrons. The monoisotopic (exact) mass is 299 g/mol. The van der Waals surface area contributed by atoms with Crippen LogP contribution in [0.4, 0.5) is 5.82 Å². The lowest BCUT2D eigenvalue weighted by molar-refractivity contribution is 0.0985. The molecule has 1 atom stereocenters. The third-order valence-electron chi connectivity index (χ3n) is 3.91. The normalized spacial score (nSPS) is 25.4. The molecule has 0 amide bonds. The van der Waals surface area contributed by atoms with Gasteiger partial charge >= 0.3 is 0 Å². The van der Waals surface area contributed by atoms with Gasteiger partial charge in [-0.1, -0.05) is 0 Å². The maximum atomic E-state index is 6.12. The van der Waals surface area contributed by atoms with Crippen LogP contribution in [-0.2, 0) is 9.48 Å². The molecule has 3 rings (SSSR count). The molecule has 4 nitrogen and oxygen atoms in total. The summed E-state index contributed by atoms with van der Waals surface area (Å²) in [6.07, 6.45) is 4.50. The number of ether oxygens (including phenoxy) is 1. The molecular formula is C13H18ClN3OS. The molecule has 1 saturated carbocycles. The van der Waals surface area contributed by atoms with Gasteiger partial charge in [0.25, 0.3) is 0 Å². The molecular weight excluding hydrogens is 282 g/mol. The minimum Gasteiger partial charge on any atom is -0.377 e. The lowest BCUT2D eigenvalue weighted by atomic mass is 10.2. The Morgan fingerprint density at radius 2 is 2.26 bits per heavy atom. The van der Waals surface area contributed by atoms with Gasteiger partial charge in [0, 0.05) is 12.6 Å². The van der Waals surface area contributed by atoms with Gasteiger partial charge in [-0.3, -0.25) is 0 Å². The summed E-state index contributed by atoms with van der Waals surface area (Å²) in [6.45, 7) is 4.50. The highest BCUT2D eigenvalue weighted by Crippen LogP contribution is 2.55. The summed E-state index contributed by atoms with van der Waals surface area (Å²) < 4.78 is 5.65. The largest absolute Gasteiger partial charge is 0.377 e. The molecule has 1 saturated heterocycles. The minimum absolute atomic E-state index is 0.177. The molecule has 1 aromatic heterocycles. The number of hydrogen-bond donors (Lipinski definition) is 0. The first kappa shape index (κ1) is 13.5. The number of aromatic nitrogens is 2. The smallest absolute Gasteiger partial charge is 0.224 e. The second kappa shape index (κ2) is 5.11. The molecule has 0 aromatic carbocycles. The highest BCUT2D eigenvalue weighted by atomic mass is 35.5. The molecule has 0 bridgehead atoms. The van der Waals surface area contributed by atoms with Crippen LogP contribution >= 0.6 is 23.4 Å². The molecule has 1 aliphatic carbocycles. The molecule has 0 N–H and O–H groups in total. The van der Waals surface area contributed by atoms with Gasteiger partial charge in [0.05, 0.1) is 29.7 Å². The summed E-state index contributed by atoms with van der Waals surface area (Å²) in [6, 6.07) is 2.44. The molecule has 1 aromatic rings. The zero-order valence-corrected chi connectivity index (χ0v) is 12.8. The zero-order chi connectivity index (χ0) is 13.5. The van der Waals surface area contributed by atoms with Crippen LogP contribution in [0.5, 0.6) is 0 Å². The number of anilines is 1. The average Bonchev–Trinajstić information content (AvgIpc) is 3.19. The Labute approximate surface area is 122 Å². The molecule has 0 spiro atoms. The summed E-state index contributed by atoms with van der Waals surface area (Å²) in [7, 11) is 0. The lowest BCUT2D eigenvalue weighted by Gasteiger charge is -2.34. The highest BCUT2D eigenvalue weighted by molar-refractivity contribution is 7.99. The van der Waals surface area contributed by atoms with E-state index in [2.05, 4.69) is 34.1 Å². The number of thioether (sulfide) groups is 1. The summed E-state index contributed by atoms with van der Waals surface area (Å²) in [5, 5.41) is 0.353. The van der Waals surface area contributed by atoms with Gasteiger partial charge < -0.3 is 9.64 Å². The van der Waals surface area contributed by atoms with Crippen LogP contribution in [0, 0.1) is 0 Å². The summed E-state index contributed by atoms with van der Waals surface area (Å²) in [4.78, 5) is 11.1. The van der Waals surface area contributed by atoms with Crippen LogP contribution in [0.15, 0.2) is 6.07 Å². The molecule has 19 heavy (non-hydrogen) atoms. The van der Waals surface area contributed by atoms with E-state index in [1.807, 2.05) is 11.8 Å². The summed E-state index contributed by atoms with van der Waals surface area (Å²) in [5.41, 5.74) is 1.08.